The molecule has 0 aliphatic carbocycles. The van der Waals surface area contributed by atoms with Crippen LogP contribution in [0.3, 0.4) is 0 Å². The van der Waals surface area contributed by atoms with Gasteiger partial charge in [0.15, 0.2) is 5.82 Å². The van der Waals surface area contributed by atoms with E-state index in [1.807, 2.05) is 0 Å². The predicted octanol–water partition coefficient (Wildman–Crippen LogP) is 1.76. The number of benzene rings is 1. The largest absolute Gasteiger partial charge is 0.381 e. The molecule has 0 saturated heterocycles. The minimum Gasteiger partial charge on any atom is -0.381 e. The smallest absolute Gasteiger partial charge is 0.257 e. The topological polar surface area (TPSA) is 98.0 Å². The fourth-order valence-corrected chi connectivity index (χ4v) is 2.22. The molecular weight excluding hydrogens is 312 g/mol. The maximum atomic E-state index is 11.8. The van der Waals surface area contributed by atoms with Crippen LogP contribution in [0, 0.1) is 0 Å². The summed E-state index contributed by atoms with van der Waals surface area (Å²) >= 11 is 6.84. The number of hydrogen-bond donors (Lipinski definition) is 2. The summed E-state index contributed by atoms with van der Waals surface area (Å²) in [7, 11) is 0. The van der Waals surface area contributed by atoms with Crippen LogP contribution in [-0.4, -0.2) is 27.5 Å². The fourth-order valence-electron chi connectivity index (χ4n) is 1.42. The van der Waals surface area contributed by atoms with E-state index in [1.165, 1.54) is 12.4 Å². The summed E-state index contributed by atoms with van der Waals surface area (Å²) in [4.78, 5) is 31.4. The van der Waals surface area contributed by atoms with E-state index in [-0.39, 0.29) is 11.6 Å². The number of imide groups is 1. The molecule has 0 bridgehead atoms. The number of rotatable bonds is 4. The van der Waals surface area contributed by atoms with E-state index in [0.717, 1.165) is 11.8 Å². The van der Waals surface area contributed by atoms with Crippen molar-refractivity contribution in [3.05, 3.63) is 47.2 Å². The first-order valence-corrected chi connectivity index (χ1v) is 7.21. The first-order chi connectivity index (χ1) is 10.1. The van der Waals surface area contributed by atoms with Crippen molar-refractivity contribution >= 4 is 41.0 Å². The monoisotopic (exact) mass is 322 g/mol. The van der Waals surface area contributed by atoms with E-state index in [9.17, 15) is 9.59 Å². The van der Waals surface area contributed by atoms with Gasteiger partial charge in [-0.15, -0.1) is 0 Å². The van der Waals surface area contributed by atoms with Gasteiger partial charge in [-0.1, -0.05) is 23.4 Å². The highest BCUT2D eigenvalue weighted by molar-refractivity contribution is 8.00. The predicted molar refractivity (Wildman–Crippen MR) is 81.1 cm³/mol. The van der Waals surface area contributed by atoms with Crippen LogP contribution in [0.15, 0.2) is 41.7 Å². The molecule has 0 fully saturated rings. The highest BCUT2D eigenvalue weighted by atomic mass is 35.5. The summed E-state index contributed by atoms with van der Waals surface area (Å²) in [6, 6.07) is 6.24. The second-order valence-corrected chi connectivity index (χ2v) is 5.32. The van der Waals surface area contributed by atoms with E-state index in [4.69, 9.17) is 17.3 Å². The summed E-state index contributed by atoms with van der Waals surface area (Å²) < 4.78 is 0. The van der Waals surface area contributed by atoms with Crippen LogP contribution < -0.4 is 11.1 Å². The van der Waals surface area contributed by atoms with Gasteiger partial charge >= 0.3 is 0 Å². The van der Waals surface area contributed by atoms with E-state index < -0.39 is 11.8 Å². The highest BCUT2D eigenvalue weighted by Gasteiger charge is 2.12. The Morgan fingerprint density at radius 2 is 1.86 bits per heavy atom. The number of halogens is 1. The number of amides is 2. The molecule has 1 heterocycles. The van der Waals surface area contributed by atoms with Crippen molar-refractivity contribution < 1.29 is 9.59 Å². The Hall–Kier alpha value is -2.12. The van der Waals surface area contributed by atoms with Gasteiger partial charge in [0.2, 0.25) is 5.91 Å². The Morgan fingerprint density at radius 3 is 2.52 bits per heavy atom. The van der Waals surface area contributed by atoms with Crippen molar-refractivity contribution in [2.45, 2.75) is 5.03 Å². The second kappa shape index (κ2) is 7.05. The van der Waals surface area contributed by atoms with Gasteiger partial charge in [0.25, 0.3) is 5.91 Å². The number of nitrogens with one attached hydrogen (secondary N) is 1. The molecule has 2 amide bonds. The summed E-state index contributed by atoms with van der Waals surface area (Å²) in [5, 5.41) is 3.25. The van der Waals surface area contributed by atoms with Crippen LogP contribution in [0.2, 0.25) is 5.02 Å². The van der Waals surface area contributed by atoms with E-state index in [1.54, 1.807) is 24.3 Å². The molecule has 0 atom stereocenters. The van der Waals surface area contributed by atoms with Gasteiger partial charge < -0.3 is 5.73 Å². The number of anilines is 1. The number of nitrogens with zero attached hydrogens (tertiary/aromatic N) is 2. The molecule has 1 aromatic carbocycles. The highest BCUT2D eigenvalue weighted by Crippen LogP contribution is 2.19. The molecule has 108 valence electrons. The molecule has 1 aromatic heterocycles. The lowest BCUT2D eigenvalue weighted by molar-refractivity contribution is -0.117. The average Bonchev–Trinajstić information content (AvgIpc) is 2.47. The number of nitrogen functional groups attached to an aromatic ring is 1. The maximum absolute atomic E-state index is 11.8. The quantitative estimate of drug-likeness (QED) is 0.832. The lowest BCUT2D eigenvalue weighted by Gasteiger charge is -2.05. The van der Waals surface area contributed by atoms with Crippen molar-refractivity contribution in [1.82, 2.24) is 15.3 Å². The molecule has 21 heavy (non-hydrogen) atoms. The number of aromatic nitrogens is 2. The van der Waals surface area contributed by atoms with Crippen LogP contribution >= 0.6 is 23.4 Å². The summed E-state index contributed by atoms with van der Waals surface area (Å²) in [6.07, 6.45) is 2.94. The van der Waals surface area contributed by atoms with Gasteiger partial charge in [-0.25, -0.2) is 9.97 Å². The van der Waals surface area contributed by atoms with Crippen LogP contribution in [0.1, 0.15) is 10.4 Å². The van der Waals surface area contributed by atoms with Crippen molar-refractivity contribution in [3.63, 3.8) is 0 Å². The molecule has 2 rings (SSSR count). The van der Waals surface area contributed by atoms with Gasteiger partial charge in [0.05, 0.1) is 5.75 Å². The SMILES string of the molecule is Nc1nccnc1SCC(=O)NC(=O)c1ccc(Cl)cc1. The zero-order chi connectivity index (χ0) is 15.2. The van der Waals surface area contributed by atoms with Crippen LogP contribution in [0.25, 0.3) is 0 Å². The Labute approximate surface area is 130 Å². The molecule has 2 aromatic rings. The van der Waals surface area contributed by atoms with E-state index in [0.29, 0.717) is 15.6 Å². The number of thioether (sulfide) groups is 1. The average molecular weight is 323 g/mol. The molecule has 0 aliphatic heterocycles. The van der Waals surface area contributed by atoms with Crippen molar-refractivity contribution in [2.24, 2.45) is 0 Å². The van der Waals surface area contributed by atoms with E-state index >= 15 is 0 Å². The van der Waals surface area contributed by atoms with Gasteiger partial charge in [-0.2, -0.15) is 0 Å². The van der Waals surface area contributed by atoms with Crippen molar-refractivity contribution in [3.8, 4) is 0 Å². The molecule has 3 N–H and O–H groups in total. The minimum atomic E-state index is -0.482. The molecule has 8 heteroatoms. The second-order valence-electron chi connectivity index (χ2n) is 3.92. The van der Waals surface area contributed by atoms with Crippen LogP contribution in [0.4, 0.5) is 5.82 Å². The first kappa shape index (κ1) is 15.3. The minimum absolute atomic E-state index is 0.0161. The summed E-state index contributed by atoms with van der Waals surface area (Å²) in [6.45, 7) is 0. The lowest BCUT2D eigenvalue weighted by Crippen LogP contribution is -2.31. The number of carbonyl (C=O) groups is 2. The molecule has 0 radical (unpaired) electrons. The third-order valence-electron chi connectivity index (χ3n) is 2.39. The third kappa shape index (κ3) is 4.44. The fraction of sp³-hybridized carbons (Fsp3) is 0.0769. The molecule has 0 aliphatic rings. The van der Waals surface area contributed by atoms with Gasteiger partial charge in [0, 0.05) is 23.0 Å². The zero-order valence-electron chi connectivity index (χ0n) is 10.7. The Morgan fingerprint density at radius 1 is 1.19 bits per heavy atom. The lowest BCUT2D eigenvalue weighted by atomic mass is 10.2. The number of carbonyl (C=O) groups excluding carboxylic acids is 2. The zero-order valence-corrected chi connectivity index (χ0v) is 12.3. The van der Waals surface area contributed by atoms with E-state index in [2.05, 4.69) is 15.3 Å². The normalized spacial score (nSPS) is 10.1. The summed E-state index contributed by atoms with van der Waals surface area (Å²) in [5.74, 6) is -0.656. The standard InChI is InChI=1S/C13H11ClN4O2S/c14-9-3-1-8(2-4-9)12(20)18-10(19)7-21-13-11(15)16-5-6-17-13/h1-6H,7H2,(H2,15,16)(H,18,19,20). The van der Waals surface area contributed by atoms with Crippen LogP contribution in [0.5, 0.6) is 0 Å². The summed E-state index contributed by atoms with van der Waals surface area (Å²) in [5.41, 5.74) is 5.97. The van der Waals surface area contributed by atoms with Crippen LogP contribution in [-0.2, 0) is 4.79 Å². The number of nitrogens with two attached hydrogens (primary N) is 1. The Bertz CT molecular complexity index is 663. The number of hydrogen-bond acceptors (Lipinski definition) is 6. The van der Waals surface area contributed by atoms with Crippen molar-refractivity contribution in [2.75, 3.05) is 11.5 Å². The third-order valence-corrected chi connectivity index (χ3v) is 3.64. The van der Waals surface area contributed by atoms with Crippen molar-refractivity contribution in [1.29, 1.82) is 0 Å². The maximum Gasteiger partial charge on any atom is 0.257 e. The Balaban J connectivity index is 1.88. The van der Waals surface area contributed by atoms with Gasteiger partial charge in [-0.05, 0) is 24.3 Å². The molecular formula is C13H11ClN4O2S. The van der Waals surface area contributed by atoms with Gasteiger partial charge in [-0.3, -0.25) is 14.9 Å². The first-order valence-electron chi connectivity index (χ1n) is 5.85. The molecule has 0 unspecified atom stereocenters. The van der Waals surface area contributed by atoms with Gasteiger partial charge in [0.1, 0.15) is 5.03 Å². The molecule has 0 spiro atoms. The Kier molecular flexibility index (Phi) is 5.13. The molecule has 0 saturated carbocycles. The molecule has 6 nitrogen and oxygen atoms in total.